The minimum Gasteiger partial charge on any atom is -0.490 e. The van der Waals surface area contributed by atoms with Crippen molar-refractivity contribution in [3.05, 3.63) is 65.6 Å². The molecule has 10 nitrogen and oxygen atoms in total. The maximum atomic E-state index is 14.3. The zero-order valence-corrected chi connectivity index (χ0v) is 31.6. The number of halogens is 1. The molecule has 1 spiro atoms. The lowest BCUT2D eigenvalue weighted by Crippen LogP contribution is -2.65. The number of nitrogens with zero attached hydrogens (tertiary/aromatic N) is 6. The molecule has 274 valence electrons. The normalized spacial score (nSPS) is 17.4. The third-order valence-corrected chi connectivity index (χ3v) is 9.47. The van der Waals surface area contributed by atoms with Gasteiger partial charge in [-0.3, -0.25) is 9.78 Å². The Morgan fingerprint density at radius 3 is 2.50 bits per heavy atom. The van der Waals surface area contributed by atoms with Crippen molar-refractivity contribution in [2.45, 2.75) is 98.8 Å². The highest BCUT2D eigenvalue weighted by Crippen LogP contribution is 2.52. The van der Waals surface area contributed by atoms with Gasteiger partial charge < -0.3 is 29.5 Å². The number of carbonyl (C=O) groups is 1. The molecule has 2 fully saturated rings. The SMILES string of the molecule is CC.CC.CCN(C(=O)c1cc(F)ccc1Oc1cncnc1N1CC2(CC(Oc3ccnc4c3C(CCCN(C)C)NCC4)C2)C1)C(C)C. The van der Waals surface area contributed by atoms with Gasteiger partial charge in [0.25, 0.3) is 5.91 Å². The molecule has 1 aliphatic carbocycles. The summed E-state index contributed by atoms with van der Waals surface area (Å²) in [5.41, 5.74) is 2.74. The smallest absolute Gasteiger partial charge is 0.257 e. The van der Waals surface area contributed by atoms with Crippen LogP contribution in [-0.4, -0.2) is 89.6 Å². The van der Waals surface area contributed by atoms with E-state index in [9.17, 15) is 9.18 Å². The highest BCUT2D eigenvalue weighted by atomic mass is 19.1. The monoisotopic (exact) mass is 691 g/mol. The second-order valence-electron chi connectivity index (χ2n) is 13.5. The molecule has 50 heavy (non-hydrogen) atoms. The van der Waals surface area contributed by atoms with Crippen molar-refractivity contribution in [2.24, 2.45) is 5.41 Å². The highest BCUT2D eigenvalue weighted by Gasteiger charge is 2.54. The average molecular weight is 692 g/mol. The molecular formula is C39H58FN7O3. The van der Waals surface area contributed by atoms with Crippen molar-refractivity contribution in [2.75, 3.05) is 51.7 Å². The average Bonchev–Trinajstić information content (AvgIpc) is 3.08. The molecule has 3 aliphatic rings. The molecule has 1 aromatic carbocycles. The van der Waals surface area contributed by atoms with E-state index in [-0.39, 0.29) is 40.8 Å². The Morgan fingerprint density at radius 2 is 1.82 bits per heavy atom. The van der Waals surface area contributed by atoms with Gasteiger partial charge in [-0.15, -0.1) is 0 Å². The van der Waals surface area contributed by atoms with Crippen molar-refractivity contribution < 1.29 is 18.7 Å². The van der Waals surface area contributed by atoms with Crippen LogP contribution in [0.15, 0.2) is 43.0 Å². The second-order valence-corrected chi connectivity index (χ2v) is 13.5. The van der Waals surface area contributed by atoms with Crippen LogP contribution < -0.4 is 19.7 Å². The number of aromatic nitrogens is 3. The molecule has 11 heteroatoms. The predicted octanol–water partition coefficient (Wildman–Crippen LogP) is 7.30. The van der Waals surface area contributed by atoms with Gasteiger partial charge in [-0.05, 0) is 91.4 Å². The van der Waals surface area contributed by atoms with Crippen molar-refractivity contribution in [3.63, 3.8) is 0 Å². The summed E-state index contributed by atoms with van der Waals surface area (Å²) in [4.78, 5) is 32.9. The standard InChI is InChI=1S/C35H46FN7O3.2C2H6/c1-6-43(23(2)3)34(44)26-16-24(36)9-10-29(26)46-31-19-37-22-40-33(31)42-20-35(21-42)17-25(18-35)45-30-12-14-39-28-11-13-38-27(32(28)30)8-7-15-41(4)5;2*1-2/h9-10,12,14,16,19,22-23,25,27,38H,6-8,11,13,15,17-18,20-21H2,1-5H3;2*1-2H3. The number of amides is 1. The third-order valence-electron chi connectivity index (χ3n) is 9.47. The molecular weight excluding hydrogens is 633 g/mol. The summed E-state index contributed by atoms with van der Waals surface area (Å²) < 4.78 is 27.2. The number of ether oxygens (including phenoxy) is 2. The maximum Gasteiger partial charge on any atom is 0.257 e. The summed E-state index contributed by atoms with van der Waals surface area (Å²) in [6.07, 6.45) is 10.2. The van der Waals surface area contributed by atoms with E-state index in [1.165, 1.54) is 30.1 Å². The summed E-state index contributed by atoms with van der Waals surface area (Å²) in [6.45, 7) is 17.9. The van der Waals surface area contributed by atoms with Gasteiger partial charge in [-0.1, -0.05) is 27.7 Å². The van der Waals surface area contributed by atoms with E-state index in [2.05, 4.69) is 39.2 Å². The lowest BCUT2D eigenvalue weighted by molar-refractivity contribution is -0.0352. The van der Waals surface area contributed by atoms with Crippen LogP contribution in [0.4, 0.5) is 10.2 Å². The van der Waals surface area contributed by atoms with Crippen molar-refractivity contribution in [3.8, 4) is 17.2 Å². The molecule has 2 aromatic heterocycles. The summed E-state index contributed by atoms with van der Waals surface area (Å²) in [5, 5.41) is 3.70. The van der Waals surface area contributed by atoms with Crippen LogP contribution in [0, 0.1) is 11.2 Å². The summed E-state index contributed by atoms with van der Waals surface area (Å²) in [7, 11) is 4.23. The van der Waals surface area contributed by atoms with Gasteiger partial charge in [0.1, 0.15) is 29.7 Å². The van der Waals surface area contributed by atoms with Gasteiger partial charge >= 0.3 is 0 Å². The molecule has 1 saturated heterocycles. The van der Waals surface area contributed by atoms with Gasteiger partial charge in [-0.25, -0.2) is 14.4 Å². The molecule has 0 bridgehead atoms. The molecule has 4 heterocycles. The molecule has 1 atom stereocenters. The number of benzene rings is 1. The quantitative estimate of drug-likeness (QED) is 0.210. The Morgan fingerprint density at radius 1 is 1.08 bits per heavy atom. The molecule has 0 radical (unpaired) electrons. The summed E-state index contributed by atoms with van der Waals surface area (Å²) in [6, 6.07) is 6.30. The lowest BCUT2D eigenvalue weighted by atomic mass is 9.61. The van der Waals surface area contributed by atoms with Gasteiger partial charge in [0, 0.05) is 61.9 Å². The van der Waals surface area contributed by atoms with Gasteiger partial charge in [0.15, 0.2) is 11.6 Å². The molecule has 2 aliphatic heterocycles. The molecule has 1 saturated carbocycles. The van der Waals surface area contributed by atoms with Crippen LogP contribution in [0.5, 0.6) is 17.2 Å². The lowest BCUT2D eigenvalue weighted by Gasteiger charge is -2.59. The van der Waals surface area contributed by atoms with E-state index in [0.717, 1.165) is 69.7 Å². The van der Waals surface area contributed by atoms with E-state index in [1.807, 2.05) is 60.7 Å². The third kappa shape index (κ3) is 8.90. The Hall–Kier alpha value is -3.83. The van der Waals surface area contributed by atoms with Crippen LogP contribution >= 0.6 is 0 Å². The number of anilines is 1. The van der Waals surface area contributed by atoms with Crippen molar-refractivity contribution >= 4 is 11.7 Å². The van der Waals surface area contributed by atoms with Gasteiger partial charge in [-0.2, -0.15) is 0 Å². The van der Waals surface area contributed by atoms with Gasteiger partial charge in [0.2, 0.25) is 0 Å². The zero-order chi connectivity index (χ0) is 36.4. The molecule has 6 rings (SSSR count). The predicted molar refractivity (Wildman–Crippen MR) is 198 cm³/mol. The maximum absolute atomic E-state index is 14.3. The summed E-state index contributed by atoms with van der Waals surface area (Å²) in [5.74, 6) is 1.59. The Kier molecular flexibility index (Phi) is 13.9. The van der Waals surface area contributed by atoms with Gasteiger partial charge in [0.05, 0.1) is 17.5 Å². The minimum absolute atomic E-state index is 0.0352. The fourth-order valence-electron chi connectivity index (χ4n) is 7.23. The number of fused-ring (bicyclic) bond motifs is 1. The van der Waals surface area contributed by atoms with Crippen LogP contribution in [0.1, 0.15) is 102 Å². The Balaban J connectivity index is 0.00000136. The van der Waals surface area contributed by atoms with E-state index < -0.39 is 5.82 Å². The fourth-order valence-corrected chi connectivity index (χ4v) is 7.23. The van der Waals surface area contributed by atoms with E-state index >= 15 is 0 Å². The Bertz CT molecular complexity index is 1540. The number of hydrogen-bond donors (Lipinski definition) is 1. The van der Waals surface area contributed by atoms with E-state index in [1.54, 1.807) is 11.1 Å². The number of rotatable bonds is 12. The van der Waals surface area contributed by atoms with Crippen molar-refractivity contribution in [1.29, 1.82) is 0 Å². The first-order valence-corrected chi connectivity index (χ1v) is 18.5. The molecule has 3 aromatic rings. The zero-order valence-electron chi connectivity index (χ0n) is 31.6. The molecule has 1 unspecified atom stereocenters. The first-order chi connectivity index (χ1) is 24.2. The number of nitrogens with one attached hydrogen (secondary N) is 1. The van der Waals surface area contributed by atoms with Crippen molar-refractivity contribution in [1.82, 2.24) is 30.1 Å². The first kappa shape index (κ1) is 39.0. The second kappa shape index (κ2) is 17.9. The molecule has 1 amide bonds. The number of pyridine rings is 1. The topological polar surface area (TPSA) is 96.0 Å². The Labute approximate surface area is 298 Å². The van der Waals surface area contributed by atoms with Crippen LogP contribution in [0.2, 0.25) is 0 Å². The number of hydrogen-bond acceptors (Lipinski definition) is 9. The first-order valence-electron chi connectivity index (χ1n) is 18.5. The van der Waals surface area contributed by atoms with Crippen LogP contribution in [-0.2, 0) is 6.42 Å². The largest absolute Gasteiger partial charge is 0.490 e. The molecule has 1 N–H and O–H groups in total. The van der Waals surface area contributed by atoms with E-state index in [0.29, 0.717) is 18.1 Å². The number of carbonyl (C=O) groups excluding carboxylic acids is 1. The van der Waals surface area contributed by atoms with Crippen LogP contribution in [0.25, 0.3) is 0 Å². The summed E-state index contributed by atoms with van der Waals surface area (Å²) >= 11 is 0. The minimum atomic E-state index is -0.491. The van der Waals surface area contributed by atoms with Crippen LogP contribution in [0.3, 0.4) is 0 Å². The highest BCUT2D eigenvalue weighted by molar-refractivity contribution is 5.97. The van der Waals surface area contributed by atoms with E-state index in [4.69, 9.17) is 14.5 Å². The fraction of sp³-hybridized carbons (Fsp3) is 0.590.